The molecule has 1 aliphatic carbocycles. The molecule has 3 unspecified atom stereocenters. The Bertz CT molecular complexity index is 346. The highest BCUT2D eigenvalue weighted by Gasteiger charge is 2.34. The second-order valence-corrected chi connectivity index (χ2v) is 6.30. The first kappa shape index (κ1) is 16.8. The molecule has 0 bridgehead atoms. The van der Waals surface area contributed by atoms with E-state index in [-0.39, 0.29) is 12.1 Å². The number of nitrogens with one attached hydrogen (secondary N) is 2. The van der Waals surface area contributed by atoms with Gasteiger partial charge in [-0.2, -0.15) is 0 Å². The van der Waals surface area contributed by atoms with Crippen molar-refractivity contribution >= 4 is 12.0 Å². The molecule has 2 amide bonds. The summed E-state index contributed by atoms with van der Waals surface area (Å²) < 4.78 is 0. The molecule has 0 spiro atoms. The highest BCUT2D eigenvalue weighted by atomic mass is 16.4. The Kier molecular flexibility index (Phi) is 6.30. The lowest BCUT2D eigenvalue weighted by molar-refractivity contribution is -0.144. The van der Waals surface area contributed by atoms with Crippen LogP contribution >= 0.6 is 0 Å². The number of hydrogen-bond acceptors (Lipinski definition) is 2. The van der Waals surface area contributed by atoms with Crippen LogP contribution in [0.15, 0.2) is 0 Å². The van der Waals surface area contributed by atoms with Crippen molar-refractivity contribution in [2.24, 2.45) is 5.92 Å². The zero-order chi connectivity index (χ0) is 15.2. The fourth-order valence-electron chi connectivity index (χ4n) is 2.83. The molecule has 1 saturated carbocycles. The molecule has 5 heteroatoms. The van der Waals surface area contributed by atoms with E-state index in [1.54, 1.807) is 6.92 Å². The number of hydrogen-bond donors (Lipinski definition) is 3. The van der Waals surface area contributed by atoms with E-state index in [9.17, 15) is 14.7 Å². The van der Waals surface area contributed by atoms with Crippen molar-refractivity contribution in [3.05, 3.63) is 0 Å². The van der Waals surface area contributed by atoms with Gasteiger partial charge in [0, 0.05) is 6.04 Å². The molecular formula is C15H28N2O3. The van der Waals surface area contributed by atoms with Crippen LogP contribution in [0.1, 0.15) is 65.7 Å². The Labute approximate surface area is 121 Å². The summed E-state index contributed by atoms with van der Waals surface area (Å²) in [6, 6.07) is -0.192. The molecule has 0 radical (unpaired) electrons. The maximum atomic E-state index is 12.0. The van der Waals surface area contributed by atoms with Crippen molar-refractivity contribution in [1.82, 2.24) is 10.6 Å². The van der Waals surface area contributed by atoms with E-state index in [1.165, 1.54) is 6.42 Å². The second-order valence-electron chi connectivity index (χ2n) is 6.30. The summed E-state index contributed by atoms with van der Waals surface area (Å²) in [5.74, 6) is -0.266. The average Bonchev–Trinajstić information content (AvgIpc) is 2.54. The van der Waals surface area contributed by atoms with E-state index in [0.29, 0.717) is 18.8 Å². The van der Waals surface area contributed by atoms with Gasteiger partial charge in [-0.3, -0.25) is 0 Å². The van der Waals surface area contributed by atoms with Gasteiger partial charge in [0.15, 0.2) is 0 Å². The Morgan fingerprint density at radius 1 is 1.25 bits per heavy atom. The van der Waals surface area contributed by atoms with Gasteiger partial charge in [-0.15, -0.1) is 0 Å². The number of carbonyl (C=O) groups is 2. The summed E-state index contributed by atoms with van der Waals surface area (Å²) in [7, 11) is 0. The normalized spacial score (nSPS) is 26.1. The Morgan fingerprint density at radius 3 is 2.55 bits per heavy atom. The van der Waals surface area contributed by atoms with Crippen LogP contribution in [0.25, 0.3) is 0 Å². The van der Waals surface area contributed by atoms with Crippen LogP contribution < -0.4 is 10.6 Å². The predicted molar refractivity (Wildman–Crippen MR) is 78.7 cm³/mol. The van der Waals surface area contributed by atoms with Gasteiger partial charge in [-0.25, -0.2) is 9.59 Å². The summed E-state index contributed by atoms with van der Waals surface area (Å²) in [4.78, 5) is 23.3. The first-order chi connectivity index (χ1) is 9.37. The lowest BCUT2D eigenvalue weighted by Gasteiger charge is -2.27. The van der Waals surface area contributed by atoms with Crippen LogP contribution in [0.4, 0.5) is 4.79 Å². The molecule has 116 valence electrons. The van der Waals surface area contributed by atoms with E-state index in [0.717, 1.165) is 25.7 Å². The van der Waals surface area contributed by atoms with Gasteiger partial charge in [0.1, 0.15) is 5.54 Å². The van der Waals surface area contributed by atoms with Crippen molar-refractivity contribution < 1.29 is 14.7 Å². The third kappa shape index (κ3) is 5.02. The zero-order valence-electron chi connectivity index (χ0n) is 12.9. The summed E-state index contributed by atoms with van der Waals surface area (Å²) in [6.07, 6.45) is 6.55. The molecule has 0 aliphatic heterocycles. The Balaban J connectivity index is 2.51. The maximum Gasteiger partial charge on any atom is 0.329 e. The Hall–Kier alpha value is -1.26. The van der Waals surface area contributed by atoms with E-state index >= 15 is 0 Å². The molecule has 5 nitrogen and oxygen atoms in total. The maximum absolute atomic E-state index is 12.0. The first-order valence-electron chi connectivity index (χ1n) is 7.69. The van der Waals surface area contributed by atoms with Gasteiger partial charge >= 0.3 is 12.0 Å². The van der Waals surface area contributed by atoms with Gasteiger partial charge in [0.05, 0.1) is 0 Å². The smallest absolute Gasteiger partial charge is 0.329 e. The number of aliphatic carboxylic acids is 1. The summed E-state index contributed by atoms with van der Waals surface area (Å²) in [6.45, 7) is 5.71. The third-order valence-electron chi connectivity index (χ3n) is 4.20. The molecule has 0 saturated heterocycles. The minimum absolute atomic E-state index is 0.166. The van der Waals surface area contributed by atoms with Crippen LogP contribution in [0.5, 0.6) is 0 Å². The van der Waals surface area contributed by atoms with E-state index in [4.69, 9.17) is 0 Å². The quantitative estimate of drug-likeness (QED) is 0.679. The molecule has 0 aromatic heterocycles. The number of urea groups is 1. The molecule has 3 atom stereocenters. The van der Waals surface area contributed by atoms with Crippen molar-refractivity contribution in [1.29, 1.82) is 0 Å². The van der Waals surface area contributed by atoms with Crippen molar-refractivity contribution in [3.63, 3.8) is 0 Å². The predicted octanol–water partition coefficient (Wildman–Crippen LogP) is 2.90. The van der Waals surface area contributed by atoms with Gasteiger partial charge in [-0.05, 0) is 38.5 Å². The van der Waals surface area contributed by atoms with Gasteiger partial charge in [0.25, 0.3) is 0 Å². The van der Waals surface area contributed by atoms with Crippen LogP contribution in [-0.4, -0.2) is 28.7 Å². The third-order valence-corrected chi connectivity index (χ3v) is 4.20. The van der Waals surface area contributed by atoms with Gasteiger partial charge < -0.3 is 15.7 Å². The van der Waals surface area contributed by atoms with Gasteiger partial charge in [0.2, 0.25) is 0 Å². The number of carboxylic acids is 1. The first-order valence-corrected chi connectivity index (χ1v) is 7.69. The number of amides is 2. The average molecular weight is 284 g/mol. The Morgan fingerprint density at radius 2 is 1.95 bits per heavy atom. The van der Waals surface area contributed by atoms with Gasteiger partial charge in [-0.1, -0.05) is 33.1 Å². The van der Waals surface area contributed by atoms with Crippen molar-refractivity contribution in [2.45, 2.75) is 77.3 Å². The number of carboxylic acid groups (broad SMARTS) is 1. The summed E-state index contributed by atoms with van der Waals surface area (Å²) in [5, 5.41) is 14.8. The minimum atomic E-state index is -1.18. The van der Waals surface area contributed by atoms with Crippen LogP contribution in [0.3, 0.4) is 0 Å². The fraction of sp³-hybridized carbons (Fsp3) is 0.867. The molecule has 0 aromatic carbocycles. The molecule has 1 aliphatic rings. The molecular weight excluding hydrogens is 256 g/mol. The lowest BCUT2D eigenvalue weighted by atomic mass is 9.96. The van der Waals surface area contributed by atoms with Crippen LogP contribution in [-0.2, 0) is 4.79 Å². The summed E-state index contributed by atoms with van der Waals surface area (Å²) >= 11 is 0. The van der Waals surface area contributed by atoms with E-state index in [1.807, 2.05) is 6.92 Å². The minimum Gasteiger partial charge on any atom is -0.480 e. The molecule has 20 heavy (non-hydrogen) atoms. The fourth-order valence-corrected chi connectivity index (χ4v) is 2.83. The van der Waals surface area contributed by atoms with Crippen molar-refractivity contribution in [2.75, 3.05) is 0 Å². The zero-order valence-corrected chi connectivity index (χ0v) is 12.9. The summed E-state index contributed by atoms with van der Waals surface area (Å²) in [5.41, 5.74) is -1.18. The largest absolute Gasteiger partial charge is 0.480 e. The van der Waals surface area contributed by atoms with Crippen LogP contribution in [0, 0.1) is 5.92 Å². The molecule has 0 aromatic rings. The second kappa shape index (κ2) is 7.50. The van der Waals surface area contributed by atoms with E-state index < -0.39 is 11.5 Å². The molecule has 1 rings (SSSR count). The highest BCUT2D eigenvalue weighted by molar-refractivity contribution is 5.85. The number of rotatable bonds is 5. The SMILES string of the molecule is CCCC(C)(NC(=O)NC1CCCC(C)CC1)C(=O)O. The van der Waals surface area contributed by atoms with E-state index in [2.05, 4.69) is 17.6 Å². The molecule has 1 fully saturated rings. The molecule has 0 heterocycles. The lowest BCUT2D eigenvalue weighted by Crippen LogP contribution is -2.56. The topological polar surface area (TPSA) is 78.4 Å². The van der Waals surface area contributed by atoms with Crippen LogP contribution in [0.2, 0.25) is 0 Å². The monoisotopic (exact) mass is 284 g/mol. The number of carbonyl (C=O) groups excluding carboxylic acids is 1. The highest BCUT2D eigenvalue weighted by Crippen LogP contribution is 2.22. The standard InChI is InChI=1S/C15H28N2O3/c1-4-10-15(3,13(18)19)17-14(20)16-12-7-5-6-11(2)8-9-12/h11-12H,4-10H2,1-3H3,(H,18,19)(H2,16,17,20). The van der Waals surface area contributed by atoms with Crippen molar-refractivity contribution in [3.8, 4) is 0 Å². The molecule has 3 N–H and O–H groups in total.